The van der Waals surface area contributed by atoms with E-state index in [1.807, 2.05) is 35.5 Å². The SMILES string of the molecule is Cn1cc(CN2CCC[C@H](c3nncn3C)C2)c(-c2ccc3c(c2)OCCO3)n1. The van der Waals surface area contributed by atoms with Crippen LogP contribution in [0.4, 0.5) is 0 Å². The molecule has 0 aliphatic carbocycles. The zero-order chi connectivity index (χ0) is 19.8. The Balaban J connectivity index is 1.38. The monoisotopic (exact) mass is 394 g/mol. The first-order valence-corrected chi connectivity index (χ1v) is 10.2. The highest BCUT2D eigenvalue weighted by Gasteiger charge is 2.26. The second kappa shape index (κ2) is 7.51. The summed E-state index contributed by atoms with van der Waals surface area (Å²) in [6.07, 6.45) is 6.23. The highest BCUT2D eigenvalue weighted by molar-refractivity contribution is 5.66. The maximum Gasteiger partial charge on any atom is 0.162 e. The number of aromatic nitrogens is 5. The molecule has 4 heterocycles. The molecule has 5 rings (SSSR count). The fourth-order valence-corrected chi connectivity index (χ4v) is 4.40. The summed E-state index contributed by atoms with van der Waals surface area (Å²) < 4.78 is 15.4. The number of fused-ring (bicyclic) bond motifs is 1. The van der Waals surface area contributed by atoms with Crippen LogP contribution in [0.1, 0.15) is 30.1 Å². The minimum absolute atomic E-state index is 0.422. The summed E-state index contributed by atoms with van der Waals surface area (Å²) in [6.45, 7) is 4.13. The third kappa shape index (κ3) is 3.60. The summed E-state index contributed by atoms with van der Waals surface area (Å²) in [6, 6.07) is 6.09. The average Bonchev–Trinajstić information content (AvgIpc) is 3.33. The van der Waals surface area contributed by atoms with Crippen molar-refractivity contribution in [2.24, 2.45) is 14.1 Å². The molecule has 0 N–H and O–H groups in total. The zero-order valence-corrected chi connectivity index (χ0v) is 16.9. The highest BCUT2D eigenvalue weighted by atomic mass is 16.6. The molecule has 1 saturated heterocycles. The number of likely N-dealkylation sites (tertiary alicyclic amines) is 1. The number of hydrogen-bond acceptors (Lipinski definition) is 6. The van der Waals surface area contributed by atoms with Crippen LogP contribution >= 0.6 is 0 Å². The van der Waals surface area contributed by atoms with Gasteiger partial charge < -0.3 is 14.0 Å². The molecule has 1 fully saturated rings. The quantitative estimate of drug-likeness (QED) is 0.677. The normalized spacial score (nSPS) is 19.4. The van der Waals surface area contributed by atoms with Crippen LogP contribution in [0.2, 0.25) is 0 Å². The minimum atomic E-state index is 0.422. The van der Waals surface area contributed by atoms with Crippen molar-refractivity contribution in [3.63, 3.8) is 0 Å². The molecule has 8 heteroatoms. The van der Waals surface area contributed by atoms with Crippen LogP contribution in [-0.4, -0.2) is 55.7 Å². The maximum atomic E-state index is 5.76. The molecule has 0 amide bonds. The number of aryl methyl sites for hydroxylation is 2. The van der Waals surface area contributed by atoms with Gasteiger partial charge >= 0.3 is 0 Å². The van der Waals surface area contributed by atoms with E-state index in [2.05, 4.69) is 27.4 Å². The van der Waals surface area contributed by atoms with Crippen LogP contribution in [0.5, 0.6) is 11.5 Å². The van der Waals surface area contributed by atoms with Crippen molar-refractivity contribution in [1.29, 1.82) is 0 Å². The topological polar surface area (TPSA) is 70.2 Å². The van der Waals surface area contributed by atoms with Gasteiger partial charge in [-0.15, -0.1) is 10.2 Å². The van der Waals surface area contributed by atoms with Gasteiger partial charge in [0.2, 0.25) is 0 Å². The first-order chi connectivity index (χ1) is 14.2. The fraction of sp³-hybridized carbons (Fsp3) is 0.476. The van der Waals surface area contributed by atoms with E-state index >= 15 is 0 Å². The Morgan fingerprint density at radius 2 is 2.00 bits per heavy atom. The van der Waals surface area contributed by atoms with Crippen LogP contribution in [-0.2, 0) is 20.6 Å². The van der Waals surface area contributed by atoms with Gasteiger partial charge in [-0.05, 0) is 37.6 Å². The first-order valence-electron chi connectivity index (χ1n) is 10.2. The predicted octanol–water partition coefficient (Wildman–Crippen LogP) is 2.37. The van der Waals surface area contributed by atoms with Gasteiger partial charge in [0.25, 0.3) is 0 Å². The van der Waals surface area contributed by atoms with Crippen molar-refractivity contribution >= 4 is 0 Å². The summed E-state index contributed by atoms with van der Waals surface area (Å²) in [7, 11) is 4.00. The van der Waals surface area contributed by atoms with E-state index in [1.165, 1.54) is 5.56 Å². The van der Waals surface area contributed by atoms with E-state index in [0.717, 1.165) is 61.1 Å². The summed E-state index contributed by atoms with van der Waals surface area (Å²) in [4.78, 5) is 2.50. The summed E-state index contributed by atoms with van der Waals surface area (Å²) in [5.41, 5.74) is 3.29. The third-order valence-corrected chi connectivity index (χ3v) is 5.73. The summed E-state index contributed by atoms with van der Waals surface area (Å²) in [5.74, 6) is 3.10. The Labute approximate surface area is 170 Å². The molecule has 3 aromatic rings. The van der Waals surface area contributed by atoms with Crippen molar-refractivity contribution in [3.8, 4) is 22.8 Å². The number of nitrogens with zero attached hydrogens (tertiary/aromatic N) is 6. The van der Waals surface area contributed by atoms with E-state index < -0.39 is 0 Å². The Morgan fingerprint density at radius 3 is 2.83 bits per heavy atom. The predicted molar refractivity (Wildman–Crippen MR) is 108 cm³/mol. The molecule has 0 unspecified atom stereocenters. The van der Waals surface area contributed by atoms with Crippen molar-refractivity contribution < 1.29 is 9.47 Å². The largest absolute Gasteiger partial charge is 0.486 e. The average molecular weight is 394 g/mol. The van der Waals surface area contributed by atoms with Crippen molar-refractivity contribution in [3.05, 3.63) is 42.1 Å². The lowest BCUT2D eigenvalue weighted by molar-refractivity contribution is 0.171. The van der Waals surface area contributed by atoms with Gasteiger partial charge in [0.1, 0.15) is 25.4 Å². The summed E-state index contributed by atoms with van der Waals surface area (Å²) in [5, 5.41) is 13.1. The molecular formula is C21H26N6O2. The smallest absolute Gasteiger partial charge is 0.162 e. The molecule has 2 aliphatic rings. The van der Waals surface area contributed by atoms with Gasteiger partial charge in [0, 0.05) is 50.4 Å². The second-order valence-corrected chi connectivity index (χ2v) is 7.91. The van der Waals surface area contributed by atoms with Gasteiger partial charge in [-0.2, -0.15) is 5.10 Å². The number of benzene rings is 1. The highest BCUT2D eigenvalue weighted by Crippen LogP contribution is 2.35. The van der Waals surface area contributed by atoms with E-state index in [-0.39, 0.29) is 0 Å². The zero-order valence-electron chi connectivity index (χ0n) is 16.9. The molecule has 2 aliphatic heterocycles. The molecule has 0 bridgehead atoms. The molecule has 152 valence electrons. The lowest BCUT2D eigenvalue weighted by atomic mass is 9.96. The van der Waals surface area contributed by atoms with E-state index in [1.54, 1.807) is 6.33 Å². The lowest BCUT2D eigenvalue weighted by Gasteiger charge is -2.32. The van der Waals surface area contributed by atoms with E-state index in [0.29, 0.717) is 19.1 Å². The first kappa shape index (κ1) is 18.2. The Bertz CT molecular complexity index is 1010. The van der Waals surface area contributed by atoms with Crippen molar-refractivity contribution in [1.82, 2.24) is 29.4 Å². The van der Waals surface area contributed by atoms with Crippen LogP contribution in [0.3, 0.4) is 0 Å². The Kier molecular flexibility index (Phi) is 4.71. The molecule has 1 aromatic carbocycles. The van der Waals surface area contributed by atoms with Crippen LogP contribution < -0.4 is 9.47 Å². The second-order valence-electron chi connectivity index (χ2n) is 7.91. The molecular weight excluding hydrogens is 368 g/mol. The van der Waals surface area contributed by atoms with Crippen molar-refractivity contribution in [2.75, 3.05) is 26.3 Å². The van der Waals surface area contributed by atoms with E-state index in [9.17, 15) is 0 Å². The van der Waals surface area contributed by atoms with Gasteiger partial charge in [0.15, 0.2) is 11.5 Å². The van der Waals surface area contributed by atoms with Crippen LogP contribution in [0.15, 0.2) is 30.7 Å². The van der Waals surface area contributed by atoms with Gasteiger partial charge in [0.05, 0.1) is 5.69 Å². The molecule has 2 aromatic heterocycles. The molecule has 29 heavy (non-hydrogen) atoms. The number of hydrogen-bond donors (Lipinski definition) is 0. The Hall–Kier alpha value is -2.87. The maximum absolute atomic E-state index is 5.76. The van der Waals surface area contributed by atoms with Crippen LogP contribution in [0.25, 0.3) is 11.3 Å². The van der Waals surface area contributed by atoms with Gasteiger partial charge in [-0.25, -0.2) is 0 Å². The molecule has 0 spiro atoms. The number of ether oxygens (including phenoxy) is 2. The molecule has 0 saturated carbocycles. The van der Waals surface area contributed by atoms with Gasteiger partial charge in [-0.3, -0.25) is 9.58 Å². The molecule has 1 atom stereocenters. The minimum Gasteiger partial charge on any atom is -0.486 e. The van der Waals surface area contributed by atoms with E-state index in [4.69, 9.17) is 14.6 Å². The third-order valence-electron chi connectivity index (χ3n) is 5.73. The molecule has 8 nitrogen and oxygen atoms in total. The number of rotatable bonds is 4. The molecule has 0 radical (unpaired) electrons. The Morgan fingerprint density at radius 1 is 1.14 bits per heavy atom. The van der Waals surface area contributed by atoms with Gasteiger partial charge in [-0.1, -0.05) is 0 Å². The lowest BCUT2D eigenvalue weighted by Crippen LogP contribution is -2.34. The standard InChI is InChI=1S/C21H26N6O2/c1-25-14-22-23-21(25)16-4-3-7-27(12-16)13-17-11-26(2)24-20(17)15-5-6-18-19(10-15)29-9-8-28-18/h5-6,10-11,14,16H,3-4,7-9,12-13H2,1-2H3/t16-/m0/s1. The summed E-state index contributed by atoms with van der Waals surface area (Å²) >= 11 is 0. The fourth-order valence-electron chi connectivity index (χ4n) is 4.40. The van der Waals surface area contributed by atoms with Crippen molar-refractivity contribution in [2.45, 2.75) is 25.3 Å². The number of piperidine rings is 1. The van der Waals surface area contributed by atoms with Crippen LogP contribution in [0, 0.1) is 0 Å².